The Hall–Kier alpha value is -1.81. The molecule has 0 aliphatic heterocycles. The van der Waals surface area contributed by atoms with Gasteiger partial charge in [-0.05, 0) is 96.4 Å². The van der Waals surface area contributed by atoms with E-state index in [2.05, 4.69) is 47.0 Å². The van der Waals surface area contributed by atoms with Gasteiger partial charge in [-0.1, -0.05) is 23.2 Å². The summed E-state index contributed by atoms with van der Waals surface area (Å²) >= 11 is 14.4. The Balaban J connectivity index is 0.000000512. The first-order valence-corrected chi connectivity index (χ1v) is 11.1. The third-order valence-electron chi connectivity index (χ3n) is 3.98. The molecule has 9 heteroatoms. The lowest BCUT2D eigenvalue weighted by Gasteiger charge is -2.16. The molecule has 0 aliphatic rings. The maximum Gasteiger partial charge on any atom is 0.328 e. The Morgan fingerprint density at radius 3 is 2.19 bits per heavy atom. The summed E-state index contributed by atoms with van der Waals surface area (Å²) in [5.41, 5.74) is 2.45. The predicted octanol–water partition coefficient (Wildman–Crippen LogP) is 5.08. The highest BCUT2D eigenvalue weighted by molar-refractivity contribution is 14.1. The third-order valence-corrected chi connectivity index (χ3v) is 5.47. The van der Waals surface area contributed by atoms with Crippen LogP contribution in [0.5, 0.6) is 5.75 Å². The van der Waals surface area contributed by atoms with E-state index in [0.717, 1.165) is 30.7 Å². The topological polar surface area (TPSA) is 95.9 Å². The highest BCUT2D eigenvalue weighted by Crippen LogP contribution is 2.21. The number of aliphatic carboxylic acids is 2. The van der Waals surface area contributed by atoms with Crippen LogP contribution in [0.4, 0.5) is 0 Å². The van der Waals surface area contributed by atoms with Crippen molar-refractivity contribution in [3.63, 3.8) is 0 Å². The first-order chi connectivity index (χ1) is 14.6. The van der Waals surface area contributed by atoms with Crippen LogP contribution in [-0.2, 0) is 22.4 Å². The summed E-state index contributed by atoms with van der Waals surface area (Å²) in [5, 5.41) is 20.6. The summed E-state index contributed by atoms with van der Waals surface area (Å²) in [7, 11) is 1.70. The van der Waals surface area contributed by atoms with Crippen molar-refractivity contribution in [2.45, 2.75) is 25.8 Å². The van der Waals surface area contributed by atoms with Crippen LogP contribution in [0.2, 0.25) is 10.0 Å². The van der Waals surface area contributed by atoms with Gasteiger partial charge in [0.2, 0.25) is 0 Å². The van der Waals surface area contributed by atoms with E-state index >= 15 is 0 Å². The minimum absolute atomic E-state index is 0.380. The van der Waals surface area contributed by atoms with Gasteiger partial charge in [-0.25, -0.2) is 9.59 Å². The molecular weight excluding hydrogens is 556 g/mol. The number of hydrogen-bond donors (Lipinski definition) is 3. The molecular formula is C22H24Cl2INO5. The molecule has 0 heterocycles. The molecule has 0 aliphatic carbocycles. The van der Waals surface area contributed by atoms with E-state index in [-0.39, 0.29) is 0 Å². The average Bonchev–Trinajstić information content (AvgIpc) is 2.68. The van der Waals surface area contributed by atoms with Crippen molar-refractivity contribution >= 4 is 57.7 Å². The number of nitrogens with one attached hydrogen (secondary N) is 1. The van der Waals surface area contributed by atoms with Crippen molar-refractivity contribution < 1.29 is 24.5 Å². The predicted molar refractivity (Wildman–Crippen MR) is 131 cm³/mol. The van der Waals surface area contributed by atoms with Crippen molar-refractivity contribution in [1.29, 1.82) is 0 Å². The van der Waals surface area contributed by atoms with Gasteiger partial charge >= 0.3 is 11.9 Å². The molecule has 0 radical (unpaired) electrons. The SMILES string of the molecule is COc1ccc(I)c(CC(C)NCCc2cc(Cl)cc(Cl)c2)c1.O=C(O)/C=C/C(=O)O. The zero-order valence-electron chi connectivity index (χ0n) is 17.1. The van der Waals surface area contributed by atoms with Crippen LogP contribution in [0.15, 0.2) is 48.6 Å². The van der Waals surface area contributed by atoms with Gasteiger partial charge in [0.1, 0.15) is 5.75 Å². The van der Waals surface area contributed by atoms with Crippen molar-refractivity contribution in [1.82, 2.24) is 5.32 Å². The standard InChI is InChI=1S/C18H20Cl2INO.C4H4O4/c1-12(7-14-10-17(23-2)3-4-18(14)21)22-6-5-13-8-15(19)11-16(20)9-13;5-3(6)1-2-4(7)8/h3-4,8-12,22H,5-7H2,1-2H3;1-2H,(H,5,6)(H,7,8)/b;2-1+. The maximum atomic E-state index is 9.55. The number of methoxy groups -OCH3 is 1. The summed E-state index contributed by atoms with van der Waals surface area (Å²) in [5.74, 6) is -1.61. The Morgan fingerprint density at radius 2 is 1.68 bits per heavy atom. The summed E-state index contributed by atoms with van der Waals surface area (Å²) < 4.78 is 6.57. The van der Waals surface area contributed by atoms with Gasteiger partial charge < -0.3 is 20.3 Å². The highest BCUT2D eigenvalue weighted by atomic mass is 127. The fraction of sp³-hybridized carbons (Fsp3) is 0.273. The van der Waals surface area contributed by atoms with E-state index in [1.54, 1.807) is 13.2 Å². The van der Waals surface area contributed by atoms with Gasteiger partial charge in [-0.3, -0.25) is 0 Å². The quantitative estimate of drug-likeness (QED) is 0.283. The van der Waals surface area contributed by atoms with Crippen LogP contribution in [0.3, 0.4) is 0 Å². The summed E-state index contributed by atoms with van der Waals surface area (Å²) in [6.07, 6.45) is 2.98. The zero-order valence-corrected chi connectivity index (χ0v) is 20.7. The molecule has 0 amide bonds. The summed E-state index contributed by atoms with van der Waals surface area (Å²) in [6, 6.07) is 12.3. The smallest absolute Gasteiger partial charge is 0.328 e. The average molecular weight is 580 g/mol. The Morgan fingerprint density at radius 1 is 1.10 bits per heavy atom. The first kappa shape index (κ1) is 27.2. The van der Waals surface area contributed by atoms with Crippen LogP contribution < -0.4 is 10.1 Å². The minimum atomic E-state index is -1.26. The summed E-state index contributed by atoms with van der Waals surface area (Å²) in [6.45, 7) is 3.08. The molecule has 0 aromatic heterocycles. The molecule has 0 bridgehead atoms. The molecule has 2 rings (SSSR count). The second-order valence-corrected chi connectivity index (χ2v) is 8.59. The number of ether oxygens (including phenoxy) is 1. The number of carboxylic acid groups (broad SMARTS) is 2. The number of carboxylic acids is 2. The van der Waals surface area contributed by atoms with Crippen LogP contribution in [0.25, 0.3) is 0 Å². The van der Waals surface area contributed by atoms with Gasteiger partial charge in [-0.15, -0.1) is 0 Å². The molecule has 6 nitrogen and oxygen atoms in total. The van der Waals surface area contributed by atoms with Crippen LogP contribution in [-0.4, -0.2) is 41.8 Å². The van der Waals surface area contributed by atoms with E-state index in [1.807, 2.05) is 18.2 Å². The van der Waals surface area contributed by atoms with Crippen molar-refractivity contribution in [3.05, 3.63) is 73.3 Å². The fourth-order valence-electron chi connectivity index (χ4n) is 2.60. The normalized spacial score (nSPS) is 11.5. The van der Waals surface area contributed by atoms with Gasteiger partial charge in [0.25, 0.3) is 0 Å². The molecule has 1 atom stereocenters. The molecule has 1 unspecified atom stereocenters. The van der Waals surface area contributed by atoms with E-state index in [1.165, 1.54) is 9.13 Å². The van der Waals surface area contributed by atoms with Crippen LogP contribution in [0.1, 0.15) is 18.1 Å². The maximum absolute atomic E-state index is 9.55. The highest BCUT2D eigenvalue weighted by Gasteiger charge is 2.08. The molecule has 0 fully saturated rings. The first-order valence-electron chi connectivity index (χ1n) is 9.25. The van der Waals surface area contributed by atoms with E-state index in [0.29, 0.717) is 28.2 Å². The second kappa shape index (κ2) is 14.3. The van der Waals surface area contributed by atoms with Gasteiger partial charge in [-0.2, -0.15) is 0 Å². The Bertz CT molecular complexity index is 885. The molecule has 0 saturated heterocycles. The number of halogens is 3. The second-order valence-electron chi connectivity index (χ2n) is 6.55. The number of carbonyl (C=O) groups is 2. The zero-order chi connectivity index (χ0) is 23.4. The summed E-state index contributed by atoms with van der Waals surface area (Å²) in [4.78, 5) is 19.1. The van der Waals surface area contributed by atoms with Crippen molar-refractivity contribution in [2.75, 3.05) is 13.7 Å². The Labute approximate surface area is 205 Å². The lowest BCUT2D eigenvalue weighted by molar-refractivity contribution is -0.134. The van der Waals surface area contributed by atoms with E-state index < -0.39 is 11.9 Å². The molecule has 2 aromatic rings. The van der Waals surface area contributed by atoms with Crippen LogP contribution >= 0.6 is 45.8 Å². The fourth-order valence-corrected chi connectivity index (χ4v) is 3.72. The molecule has 168 valence electrons. The van der Waals surface area contributed by atoms with E-state index in [9.17, 15) is 9.59 Å². The van der Waals surface area contributed by atoms with Gasteiger partial charge in [0.05, 0.1) is 7.11 Å². The number of hydrogen-bond acceptors (Lipinski definition) is 4. The van der Waals surface area contributed by atoms with Crippen LogP contribution in [0, 0.1) is 3.57 Å². The lowest BCUT2D eigenvalue weighted by atomic mass is 10.1. The monoisotopic (exact) mass is 579 g/mol. The molecule has 2 aromatic carbocycles. The van der Waals surface area contributed by atoms with E-state index in [4.69, 9.17) is 38.2 Å². The van der Waals surface area contributed by atoms with Gasteiger partial charge in [0, 0.05) is 31.8 Å². The van der Waals surface area contributed by atoms with Crippen molar-refractivity contribution in [2.24, 2.45) is 0 Å². The molecule has 0 spiro atoms. The van der Waals surface area contributed by atoms with Crippen molar-refractivity contribution in [3.8, 4) is 5.75 Å². The largest absolute Gasteiger partial charge is 0.497 e. The molecule has 3 N–H and O–H groups in total. The third kappa shape index (κ3) is 12.0. The Kier molecular flexibility index (Phi) is 12.5. The van der Waals surface area contributed by atoms with Gasteiger partial charge in [0.15, 0.2) is 0 Å². The lowest BCUT2D eigenvalue weighted by Crippen LogP contribution is -2.30. The minimum Gasteiger partial charge on any atom is -0.497 e. The molecule has 31 heavy (non-hydrogen) atoms. The number of rotatable bonds is 9. The molecule has 0 saturated carbocycles. The number of benzene rings is 2.